The van der Waals surface area contributed by atoms with E-state index in [1.165, 1.54) is 19.2 Å². The second-order valence-corrected chi connectivity index (χ2v) is 8.75. The molecular weight excluding hydrogens is 316 g/mol. The molecule has 0 N–H and O–H groups in total. The minimum atomic E-state index is -3.10. The van der Waals surface area contributed by atoms with Gasteiger partial charge in [-0.05, 0) is 32.1 Å². The summed E-state index contributed by atoms with van der Waals surface area (Å²) in [7, 11) is -3.10. The molecule has 1 aromatic rings. The van der Waals surface area contributed by atoms with E-state index in [0.717, 1.165) is 38.2 Å². The van der Waals surface area contributed by atoms with Crippen molar-refractivity contribution < 1.29 is 13.2 Å². The highest BCUT2D eigenvalue weighted by atomic mass is 32.2. The first-order chi connectivity index (χ1) is 11.1. The van der Waals surface area contributed by atoms with Crippen molar-refractivity contribution in [3.63, 3.8) is 0 Å². The Labute approximate surface area is 136 Å². The zero-order valence-corrected chi connectivity index (χ0v) is 13.9. The second kappa shape index (κ2) is 5.90. The molecule has 2 saturated heterocycles. The summed E-state index contributed by atoms with van der Waals surface area (Å²) in [5, 5.41) is -0.151. The van der Waals surface area contributed by atoms with E-state index in [9.17, 15) is 8.42 Å². The number of anilines is 1. The SMILES string of the molecule is O=S(=O)(C1CC1)N1CC[C@@H](Oc2cc(N3CCCC3)ncn2)C1. The molecule has 4 rings (SSSR count). The zero-order chi connectivity index (χ0) is 15.9. The van der Waals surface area contributed by atoms with Crippen LogP contribution in [0.25, 0.3) is 0 Å². The molecule has 1 saturated carbocycles. The number of aromatic nitrogens is 2. The van der Waals surface area contributed by atoms with Crippen LogP contribution in [0.5, 0.6) is 5.88 Å². The maximum atomic E-state index is 12.3. The molecule has 126 valence electrons. The largest absolute Gasteiger partial charge is 0.473 e. The van der Waals surface area contributed by atoms with Crippen molar-refractivity contribution in [3.8, 4) is 5.88 Å². The maximum Gasteiger partial charge on any atom is 0.218 e. The monoisotopic (exact) mass is 338 g/mol. The number of nitrogens with zero attached hydrogens (tertiary/aromatic N) is 4. The average Bonchev–Trinajstić information content (AvgIpc) is 3.08. The Hall–Kier alpha value is -1.41. The van der Waals surface area contributed by atoms with Crippen molar-refractivity contribution in [1.29, 1.82) is 0 Å². The first-order valence-corrected chi connectivity index (χ1v) is 9.86. The minimum Gasteiger partial charge on any atom is -0.473 e. The first-order valence-electron chi connectivity index (χ1n) is 8.35. The van der Waals surface area contributed by atoms with E-state index in [2.05, 4.69) is 14.9 Å². The Kier molecular flexibility index (Phi) is 3.88. The van der Waals surface area contributed by atoms with Gasteiger partial charge < -0.3 is 9.64 Å². The molecule has 8 heteroatoms. The standard InChI is InChI=1S/C15H22N4O3S/c20-23(21,13-3-4-13)19-8-5-12(10-19)22-15-9-14(16-11-17-15)18-6-1-2-7-18/h9,11-13H,1-8,10H2/t12-/m1/s1. The van der Waals surface area contributed by atoms with Crippen LogP contribution >= 0.6 is 0 Å². The Morgan fingerprint density at radius 2 is 1.87 bits per heavy atom. The summed E-state index contributed by atoms with van der Waals surface area (Å²) >= 11 is 0. The van der Waals surface area contributed by atoms with Crippen LogP contribution in [0.15, 0.2) is 12.4 Å². The van der Waals surface area contributed by atoms with Gasteiger partial charge in [0, 0.05) is 25.7 Å². The van der Waals surface area contributed by atoms with Gasteiger partial charge in [-0.15, -0.1) is 0 Å². The van der Waals surface area contributed by atoms with Crippen LogP contribution in [0.2, 0.25) is 0 Å². The molecule has 0 aromatic carbocycles. The summed E-state index contributed by atoms with van der Waals surface area (Å²) in [5.74, 6) is 1.44. The van der Waals surface area contributed by atoms with Gasteiger partial charge in [0.05, 0.1) is 11.8 Å². The summed E-state index contributed by atoms with van der Waals surface area (Å²) < 4.78 is 32.0. The summed E-state index contributed by atoms with van der Waals surface area (Å²) in [6.45, 7) is 3.02. The summed E-state index contributed by atoms with van der Waals surface area (Å²) in [5.41, 5.74) is 0. The predicted molar refractivity (Wildman–Crippen MR) is 86.0 cm³/mol. The fourth-order valence-corrected chi connectivity index (χ4v) is 5.17. The molecule has 1 aliphatic carbocycles. The maximum absolute atomic E-state index is 12.3. The smallest absolute Gasteiger partial charge is 0.218 e. The van der Waals surface area contributed by atoms with Gasteiger partial charge in [-0.3, -0.25) is 0 Å². The van der Waals surface area contributed by atoms with Gasteiger partial charge in [-0.25, -0.2) is 18.4 Å². The molecule has 0 bridgehead atoms. The van der Waals surface area contributed by atoms with Crippen LogP contribution in [-0.4, -0.2) is 60.2 Å². The second-order valence-electron chi connectivity index (χ2n) is 6.54. The van der Waals surface area contributed by atoms with Crippen molar-refractivity contribution in [1.82, 2.24) is 14.3 Å². The van der Waals surface area contributed by atoms with E-state index < -0.39 is 10.0 Å². The van der Waals surface area contributed by atoms with Gasteiger partial charge >= 0.3 is 0 Å². The highest BCUT2D eigenvalue weighted by Crippen LogP contribution is 2.33. The Morgan fingerprint density at radius 1 is 1.09 bits per heavy atom. The fraction of sp³-hybridized carbons (Fsp3) is 0.733. The molecule has 0 radical (unpaired) electrons. The highest BCUT2D eigenvalue weighted by Gasteiger charge is 2.43. The number of sulfonamides is 1. The minimum absolute atomic E-state index is 0.121. The molecule has 0 amide bonds. The van der Waals surface area contributed by atoms with Crippen molar-refractivity contribution in [3.05, 3.63) is 12.4 Å². The lowest BCUT2D eigenvalue weighted by Gasteiger charge is -2.18. The summed E-state index contributed by atoms with van der Waals surface area (Å²) in [6, 6.07) is 1.86. The molecule has 1 aromatic heterocycles. The number of hydrogen-bond donors (Lipinski definition) is 0. The van der Waals surface area contributed by atoms with Gasteiger partial charge in [0.2, 0.25) is 15.9 Å². The Balaban J connectivity index is 1.40. The van der Waals surface area contributed by atoms with E-state index in [1.807, 2.05) is 6.07 Å². The molecule has 0 spiro atoms. The number of rotatable bonds is 5. The van der Waals surface area contributed by atoms with Crippen molar-refractivity contribution in [2.24, 2.45) is 0 Å². The Bertz CT molecular complexity index is 671. The van der Waals surface area contributed by atoms with Gasteiger partial charge in [-0.2, -0.15) is 4.31 Å². The van der Waals surface area contributed by atoms with Gasteiger partial charge in [-0.1, -0.05) is 0 Å². The van der Waals surface area contributed by atoms with Crippen LogP contribution in [-0.2, 0) is 10.0 Å². The normalized spacial score (nSPS) is 25.9. The lowest BCUT2D eigenvalue weighted by Crippen LogP contribution is -2.33. The van der Waals surface area contributed by atoms with Crippen LogP contribution in [0.1, 0.15) is 32.1 Å². The number of hydrogen-bond acceptors (Lipinski definition) is 6. The molecule has 7 nitrogen and oxygen atoms in total. The Morgan fingerprint density at radius 3 is 2.61 bits per heavy atom. The summed E-state index contributed by atoms with van der Waals surface area (Å²) in [6.07, 6.45) is 6.11. The van der Waals surface area contributed by atoms with E-state index >= 15 is 0 Å². The molecule has 2 aliphatic heterocycles. The van der Waals surface area contributed by atoms with Crippen molar-refractivity contribution >= 4 is 15.8 Å². The molecular formula is C15H22N4O3S. The van der Waals surface area contributed by atoms with Crippen LogP contribution < -0.4 is 9.64 Å². The zero-order valence-electron chi connectivity index (χ0n) is 13.1. The van der Waals surface area contributed by atoms with E-state index in [1.54, 1.807) is 4.31 Å². The summed E-state index contributed by atoms with van der Waals surface area (Å²) in [4.78, 5) is 10.7. The average molecular weight is 338 g/mol. The van der Waals surface area contributed by atoms with Gasteiger partial charge in [0.25, 0.3) is 0 Å². The quantitative estimate of drug-likeness (QED) is 0.798. The topological polar surface area (TPSA) is 75.6 Å². The molecule has 3 fully saturated rings. The van der Waals surface area contributed by atoms with Crippen LogP contribution in [0.3, 0.4) is 0 Å². The van der Waals surface area contributed by atoms with E-state index in [0.29, 0.717) is 19.0 Å². The first kappa shape index (κ1) is 15.1. The van der Waals surface area contributed by atoms with Crippen molar-refractivity contribution in [2.45, 2.75) is 43.5 Å². The molecule has 23 heavy (non-hydrogen) atoms. The molecule has 3 heterocycles. The predicted octanol–water partition coefficient (Wildman–Crippen LogP) is 1.02. The highest BCUT2D eigenvalue weighted by molar-refractivity contribution is 7.90. The number of ether oxygens (including phenoxy) is 1. The van der Waals surface area contributed by atoms with E-state index in [4.69, 9.17) is 4.74 Å². The lowest BCUT2D eigenvalue weighted by atomic mass is 10.3. The molecule has 0 unspecified atom stereocenters. The molecule has 1 atom stereocenters. The van der Waals surface area contributed by atoms with Gasteiger partial charge in [0.1, 0.15) is 18.2 Å². The third-order valence-electron chi connectivity index (χ3n) is 4.76. The third kappa shape index (κ3) is 3.14. The fourth-order valence-electron chi connectivity index (χ4n) is 3.29. The lowest BCUT2D eigenvalue weighted by molar-refractivity contribution is 0.206. The van der Waals surface area contributed by atoms with Crippen LogP contribution in [0.4, 0.5) is 5.82 Å². The van der Waals surface area contributed by atoms with Crippen molar-refractivity contribution in [2.75, 3.05) is 31.1 Å². The third-order valence-corrected chi connectivity index (χ3v) is 7.12. The molecule has 3 aliphatic rings. The van der Waals surface area contributed by atoms with Crippen LogP contribution in [0, 0.1) is 0 Å². The van der Waals surface area contributed by atoms with Gasteiger partial charge in [0.15, 0.2) is 0 Å². The van der Waals surface area contributed by atoms with E-state index in [-0.39, 0.29) is 11.4 Å².